The monoisotopic (exact) mass is 252 g/mol. The fraction of sp³-hybridized carbons (Fsp3) is 0.727. The van der Waals surface area contributed by atoms with Crippen LogP contribution in [0.3, 0.4) is 0 Å². The third-order valence-electron chi connectivity index (χ3n) is 3.06. The van der Waals surface area contributed by atoms with Crippen molar-refractivity contribution < 1.29 is 4.79 Å². The number of nitrogens with one attached hydrogen (secondary N) is 2. The van der Waals surface area contributed by atoms with Crippen molar-refractivity contribution in [1.29, 1.82) is 0 Å². The van der Waals surface area contributed by atoms with Crippen LogP contribution in [-0.4, -0.2) is 33.4 Å². The second kappa shape index (κ2) is 4.68. The van der Waals surface area contributed by atoms with E-state index in [-0.39, 0.29) is 5.91 Å². The lowest BCUT2D eigenvalue weighted by atomic mass is 10.4. The first kappa shape index (κ1) is 11.1. The van der Waals surface area contributed by atoms with E-state index in [0.717, 1.165) is 18.3 Å². The minimum absolute atomic E-state index is 0.0830. The molecule has 0 radical (unpaired) electrons. The van der Waals surface area contributed by atoms with Gasteiger partial charge in [-0.25, -0.2) is 4.98 Å². The molecule has 5 nitrogen and oxygen atoms in total. The molecule has 2 saturated carbocycles. The fourth-order valence-corrected chi connectivity index (χ4v) is 2.26. The van der Waals surface area contributed by atoms with Crippen LogP contribution >= 0.6 is 11.8 Å². The third-order valence-corrected chi connectivity index (χ3v) is 3.91. The molecule has 2 fully saturated rings. The molecule has 6 heteroatoms. The van der Waals surface area contributed by atoms with Crippen molar-refractivity contribution in [2.45, 2.75) is 36.8 Å². The maximum absolute atomic E-state index is 11.5. The van der Waals surface area contributed by atoms with Gasteiger partial charge in [-0.15, -0.1) is 5.10 Å². The Morgan fingerprint density at radius 2 is 2.24 bits per heavy atom. The van der Waals surface area contributed by atoms with E-state index < -0.39 is 0 Å². The first-order chi connectivity index (χ1) is 8.31. The van der Waals surface area contributed by atoms with E-state index in [2.05, 4.69) is 20.5 Å². The lowest BCUT2D eigenvalue weighted by Gasteiger charge is -2.01. The van der Waals surface area contributed by atoms with Crippen molar-refractivity contribution in [3.8, 4) is 0 Å². The van der Waals surface area contributed by atoms with Gasteiger partial charge in [0, 0.05) is 12.5 Å². The molecule has 2 N–H and O–H groups in total. The molecule has 0 aliphatic heterocycles. The number of H-pyrrole nitrogens is 1. The molecule has 1 aromatic heterocycles. The van der Waals surface area contributed by atoms with Crippen molar-refractivity contribution in [3.63, 3.8) is 0 Å². The van der Waals surface area contributed by atoms with Crippen LogP contribution in [0, 0.1) is 5.92 Å². The molecule has 1 heterocycles. The van der Waals surface area contributed by atoms with Crippen LogP contribution in [0.4, 0.5) is 0 Å². The normalized spacial score (nSPS) is 19.3. The van der Waals surface area contributed by atoms with E-state index in [0.29, 0.717) is 16.8 Å². The number of amides is 1. The predicted octanol–water partition coefficient (Wildman–Crippen LogP) is 1.30. The summed E-state index contributed by atoms with van der Waals surface area (Å²) >= 11 is 1.40. The molecule has 0 bridgehead atoms. The van der Waals surface area contributed by atoms with Crippen LogP contribution in [0.5, 0.6) is 0 Å². The van der Waals surface area contributed by atoms with Crippen molar-refractivity contribution in [2.24, 2.45) is 5.92 Å². The molecule has 0 saturated heterocycles. The average molecular weight is 252 g/mol. The number of hydrogen-bond acceptors (Lipinski definition) is 4. The SMILES string of the molecule is O=C(CSc1n[nH]c(C2CC2)n1)NCC1CC1. The summed E-state index contributed by atoms with van der Waals surface area (Å²) in [5.74, 6) is 2.79. The van der Waals surface area contributed by atoms with Gasteiger partial charge in [0.1, 0.15) is 5.82 Å². The fourth-order valence-electron chi connectivity index (χ4n) is 1.62. The van der Waals surface area contributed by atoms with E-state index in [4.69, 9.17) is 0 Å². The van der Waals surface area contributed by atoms with Crippen LogP contribution < -0.4 is 5.32 Å². The van der Waals surface area contributed by atoms with Gasteiger partial charge in [0.25, 0.3) is 0 Å². The summed E-state index contributed by atoms with van der Waals surface area (Å²) in [5.41, 5.74) is 0. The average Bonchev–Trinajstić information content (AvgIpc) is 3.24. The van der Waals surface area contributed by atoms with Crippen molar-refractivity contribution in [2.75, 3.05) is 12.3 Å². The van der Waals surface area contributed by atoms with Gasteiger partial charge in [-0.2, -0.15) is 0 Å². The van der Waals surface area contributed by atoms with E-state index >= 15 is 0 Å². The number of nitrogens with zero attached hydrogens (tertiary/aromatic N) is 2. The summed E-state index contributed by atoms with van der Waals surface area (Å²) in [6, 6.07) is 0. The molecular formula is C11H16N4OS. The molecule has 1 aromatic rings. The molecule has 1 amide bonds. The second-order valence-corrected chi connectivity index (χ2v) is 5.76. The number of thioether (sulfide) groups is 1. The zero-order valence-electron chi connectivity index (χ0n) is 9.61. The lowest BCUT2D eigenvalue weighted by molar-refractivity contribution is -0.118. The summed E-state index contributed by atoms with van der Waals surface area (Å²) in [4.78, 5) is 15.9. The maximum Gasteiger partial charge on any atom is 0.230 e. The summed E-state index contributed by atoms with van der Waals surface area (Å²) in [6.45, 7) is 0.834. The molecule has 17 heavy (non-hydrogen) atoms. The highest BCUT2D eigenvalue weighted by molar-refractivity contribution is 7.99. The molecule has 0 atom stereocenters. The number of aromatic amines is 1. The Balaban J connectivity index is 1.40. The minimum atomic E-state index is 0.0830. The molecule has 2 aliphatic carbocycles. The summed E-state index contributed by atoms with van der Waals surface area (Å²) < 4.78 is 0. The van der Waals surface area contributed by atoms with Gasteiger partial charge in [-0.05, 0) is 31.6 Å². The highest BCUT2D eigenvalue weighted by Crippen LogP contribution is 2.38. The summed E-state index contributed by atoms with van der Waals surface area (Å²) in [7, 11) is 0. The second-order valence-electron chi connectivity index (χ2n) is 4.81. The smallest absolute Gasteiger partial charge is 0.230 e. The molecule has 3 rings (SSSR count). The number of carbonyl (C=O) groups excluding carboxylic acids is 1. The quantitative estimate of drug-likeness (QED) is 0.749. The Hall–Kier alpha value is -1.04. The van der Waals surface area contributed by atoms with Gasteiger partial charge < -0.3 is 5.32 Å². The van der Waals surface area contributed by atoms with Crippen LogP contribution in [0.15, 0.2) is 5.16 Å². The van der Waals surface area contributed by atoms with Gasteiger partial charge >= 0.3 is 0 Å². The van der Waals surface area contributed by atoms with Crippen molar-refractivity contribution in [1.82, 2.24) is 20.5 Å². The highest BCUT2D eigenvalue weighted by atomic mass is 32.2. The number of aromatic nitrogens is 3. The largest absolute Gasteiger partial charge is 0.355 e. The maximum atomic E-state index is 11.5. The van der Waals surface area contributed by atoms with Gasteiger partial charge in [0.2, 0.25) is 11.1 Å². The Morgan fingerprint density at radius 1 is 1.41 bits per heavy atom. The van der Waals surface area contributed by atoms with Gasteiger partial charge in [0.15, 0.2) is 0 Å². The van der Waals surface area contributed by atoms with E-state index in [9.17, 15) is 4.79 Å². The zero-order valence-corrected chi connectivity index (χ0v) is 10.4. The predicted molar refractivity (Wildman–Crippen MR) is 64.8 cm³/mol. The minimum Gasteiger partial charge on any atom is -0.355 e. The summed E-state index contributed by atoms with van der Waals surface area (Å²) in [5, 5.41) is 10.7. The Kier molecular flexibility index (Phi) is 3.05. The summed E-state index contributed by atoms with van der Waals surface area (Å²) in [6.07, 6.45) is 4.94. The zero-order chi connectivity index (χ0) is 11.7. The van der Waals surface area contributed by atoms with Gasteiger partial charge in [-0.1, -0.05) is 11.8 Å². The Labute approximate surface area is 104 Å². The van der Waals surface area contributed by atoms with Crippen molar-refractivity contribution in [3.05, 3.63) is 5.82 Å². The first-order valence-electron chi connectivity index (χ1n) is 6.13. The number of hydrogen-bond donors (Lipinski definition) is 2. The highest BCUT2D eigenvalue weighted by Gasteiger charge is 2.27. The molecule has 0 unspecified atom stereocenters. The molecule has 0 spiro atoms. The molecular weight excluding hydrogens is 236 g/mol. The van der Waals surface area contributed by atoms with Crippen LogP contribution in [0.1, 0.15) is 37.4 Å². The number of carbonyl (C=O) groups is 1. The van der Waals surface area contributed by atoms with E-state index in [1.165, 1.54) is 37.4 Å². The molecule has 92 valence electrons. The third kappa shape index (κ3) is 3.21. The van der Waals surface area contributed by atoms with Gasteiger partial charge in [-0.3, -0.25) is 9.89 Å². The van der Waals surface area contributed by atoms with Crippen LogP contribution in [-0.2, 0) is 4.79 Å². The topological polar surface area (TPSA) is 70.7 Å². The standard InChI is InChI=1S/C11H16N4OS/c16-9(12-5-7-1-2-7)6-17-11-13-10(14-15-11)8-3-4-8/h7-8H,1-6H2,(H,12,16)(H,13,14,15). The van der Waals surface area contributed by atoms with E-state index in [1.807, 2.05) is 0 Å². The van der Waals surface area contributed by atoms with Crippen LogP contribution in [0.2, 0.25) is 0 Å². The number of rotatable bonds is 6. The Bertz CT molecular complexity index is 411. The van der Waals surface area contributed by atoms with Crippen LogP contribution in [0.25, 0.3) is 0 Å². The Morgan fingerprint density at radius 3 is 2.94 bits per heavy atom. The van der Waals surface area contributed by atoms with Crippen molar-refractivity contribution >= 4 is 17.7 Å². The van der Waals surface area contributed by atoms with E-state index in [1.54, 1.807) is 0 Å². The lowest BCUT2D eigenvalue weighted by Crippen LogP contribution is -2.27. The molecule has 0 aromatic carbocycles. The van der Waals surface area contributed by atoms with Gasteiger partial charge in [0.05, 0.1) is 5.75 Å². The first-order valence-corrected chi connectivity index (χ1v) is 7.11. The molecule has 2 aliphatic rings.